The number of ether oxygens (including phenoxy) is 3. The maximum absolute atomic E-state index is 13.3. The molecule has 1 aliphatic heterocycles. The van der Waals surface area contributed by atoms with Gasteiger partial charge in [0.1, 0.15) is 17.2 Å². The van der Waals surface area contributed by atoms with Crippen LogP contribution in [0.25, 0.3) is 5.57 Å². The van der Waals surface area contributed by atoms with Crippen molar-refractivity contribution in [3.05, 3.63) is 59.8 Å². The quantitative estimate of drug-likeness (QED) is 0.563. The van der Waals surface area contributed by atoms with E-state index in [1.807, 2.05) is 45.9 Å². The summed E-state index contributed by atoms with van der Waals surface area (Å²) in [6.45, 7) is 8.17. The second-order valence-electron chi connectivity index (χ2n) is 7.98. The number of anilines is 1. The number of hydrogen-bond acceptors (Lipinski definition) is 6. The van der Waals surface area contributed by atoms with Gasteiger partial charge in [0.05, 0.1) is 38.0 Å². The summed E-state index contributed by atoms with van der Waals surface area (Å²) in [4.78, 5) is 27.7. The first-order valence-electron chi connectivity index (χ1n) is 10.7. The fourth-order valence-electron chi connectivity index (χ4n) is 3.36. The SMILES string of the molecule is COc1cccc(NC2=C(c3ccc(OC(C)C)cc3)C(=O)N(CCOC(C)C)C2=O)c1. The van der Waals surface area contributed by atoms with Crippen LogP contribution in [-0.2, 0) is 14.3 Å². The number of nitrogens with zero attached hydrogens (tertiary/aromatic N) is 1. The standard InChI is InChI=1S/C25H30N2O5/c1-16(2)31-14-13-27-24(28)22(18-9-11-20(12-10-18)32-17(3)4)23(25(27)29)26-19-7-6-8-21(15-19)30-5/h6-12,15-17,26H,13-14H2,1-5H3. The number of rotatable bonds is 10. The molecule has 0 bridgehead atoms. The summed E-state index contributed by atoms with van der Waals surface area (Å²) in [5.74, 6) is 0.602. The monoisotopic (exact) mass is 438 g/mol. The summed E-state index contributed by atoms with van der Waals surface area (Å²) in [5.41, 5.74) is 1.83. The van der Waals surface area contributed by atoms with Crippen molar-refractivity contribution < 1.29 is 23.8 Å². The zero-order chi connectivity index (χ0) is 23.3. The fourth-order valence-corrected chi connectivity index (χ4v) is 3.36. The molecule has 0 radical (unpaired) electrons. The average molecular weight is 439 g/mol. The molecule has 2 amide bonds. The van der Waals surface area contributed by atoms with Gasteiger partial charge >= 0.3 is 0 Å². The third-order valence-corrected chi connectivity index (χ3v) is 4.79. The largest absolute Gasteiger partial charge is 0.497 e. The summed E-state index contributed by atoms with van der Waals surface area (Å²) in [6, 6.07) is 14.4. The molecule has 1 heterocycles. The molecular formula is C25H30N2O5. The van der Waals surface area contributed by atoms with E-state index in [1.165, 1.54) is 4.90 Å². The summed E-state index contributed by atoms with van der Waals surface area (Å²) in [6.07, 6.45) is 0.0506. The van der Waals surface area contributed by atoms with Gasteiger partial charge in [-0.25, -0.2) is 0 Å². The van der Waals surface area contributed by atoms with E-state index in [-0.39, 0.29) is 42.9 Å². The van der Waals surface area contributed by atoms with Crippen LogP contribution in [-0.4, -0.2) is 49.2 Å². The molecule has 7 heteroatoms. The molecular weight excluding hydrogens is 408 g/mol. The average Bonchev–Trinajstić information content (AvgIpc) is 2.98. The van der Waals surface area contributed by atoms with Crippen molar-refractivity contribution >= 4 is 23.1 Å². The Morgan fingerprint density at radius 1 is 0.906 bits per heavy atom. The van der Waals surface area contributed by atoms with Crippen LogP contribution in [0.3, 0.4) is 0 Å². The molecule has 2 aromatic carbocycles. The highest BCUT2D eigenvalue weighted by Crippen LogP contribution is 2.32. The van der Waals surface area contributed by atoms with Gasteiger partial charge in [-0.1, -0.05) is 18.2 Å². The zero-order valence-corrected chi connectivity index (χ0v) is 19.2. The van der Waals surface area contributed by atoms with E-state index in [2.05, 4.69) is 5.32 Å². The Balaban J connectivity index is 1.95. The first kappa shape index (κ1) is 23.3. The highest BCUT2D eigenvalue weighted by molar-refractivity contribution is 6.36. The molecule has 0 fully saturated rings. The van der Waals surface area contributed by atoms with Crippen LogP contribution in [0.1, 0.15) is 33.3 Å². The van der Waals surface area contributed by atoms with Crippen molar-refractivity contribution in [2.75, 3.05) is 25.6 Å². The lowest BCUT2D eigenvalue weighted by molar-refractivity contribution is -0.137. The molecule has 3 rings (SSSR count). The van der Waals surface area contributed by atoms with Gasteiger partial charge in [-0.3, -0.25) is 14.5 Å². The van der Waals surface area contributed by atoms with Crippen LogP contribution >= 0.6 is 0 Å². The lowest BCUT2D eigenvalue weighted by Crippen LogP contribution is -2.35. The molecule has 0 saturated heterocycles. The van der Waals surface area contributed by atoms with Crippen molar-refractivity contribution in [3.63, 3.8) is 0 Å². The number of amides is 2. The predicted octanol–water partition coefficient (Wildman–Crippen LogP) is 4.10. The third-order valence-electron chi connectivity index (χ3n) is 4.79. The van der Waals surface area contributed by atoms with Crippen LogP contribution in [0.15, 0.2) is 54.2 Å². The third kappa shape index (κ3) is 5.48. The van der Waals surface area contributed by atoms with Gasteiger partial charge in [-0.2, -0.15) is 0 Å². The van der Waals surface area contributed by atoms with Gasteiger partial charge in [0, 0.05) is 11.8 Å². The Kier molecular flexibility index (Phi) is 7.53. The number of nitrogens with one attached hydrogen (secondary N) is 1. The minimum atomic E-state index is -0.386. The van der Waals surface area contributed by atoms with E-state index in [0.29, 0.717) is 28.3 Å². The van der Waals surface area contributed by atoms with Crippen molar-refractivity contribution in [3.8, 4) is 11.5 Å². The minimum Gasteiger partial charge on any atom is -0.497 e. The van der Waals surface area contributed by atoms with E-state index < -0.39 is 0 Å². The number of imide groups is 1. The lowest BCUT2D eigenvalue weighted by atomic mass is 10.0. The van der Waals surface area contributed by atoms with Crippen LogP contribution in [0.5, 0.6) is 11.5 Å². The zero-order valence-electron chi connectivity index (χ0n) is 19.2. The molecule has 0 spiro atoms. The lowest BCUT2D eigenvalue weighted by Gasteiger charge is -2.16. The smallest absolute Gasteiger partial charge is 0.278 e. The number of carbonyl (C=O) groups is 2. The fraction of sp³-hybridized carbons (Fsp3) is 0.360. The Morgan fingerprint density at radius 3 is 2.25 bits per heavy atom. The van der Waals surface area contributed by atoms with Crippen LogP contribution in [0.4, 0.5) is 5.69 Å². The molecule has 2 aromatic rings. The van der Waals surface area contributed by atoms with Gasteiger partial charge in [0.15, 0.2) is 0 Å². The first-order valence-corrected chi connectivity index (χ1v) is 10.7. The van der Waals surface area contributed by atoms with E-state index in [1.54, 1.807) is 37.4 Å². The molecule has 170 valence electrons. The van der Waals surface area contributed by atoms with E-state index in [9.17, 15) is 9.59 Å². The number of benzene rings is 2. The second-order valence-corrected chi connectivity index (χ2v) is 7.98. The summed E-state index contributed by atoms with van der Waals surface area (Å²) >= 11 is 0. The van der Waals surface area contributed by atoms with Crippen LogP contribution < -0.4 is 14.8 Å². The summed E-state index contributed by atoms with van der Waals surface area (Å²) in [7, 11) is 1.57. The van der Waals surface area contributed by atoms with E-state index in [4.69, 9.17) is 14.2 Å². The summed E-state index contributed by atoms with van der Waals surface area (Å²) < 4.78 is 16.5. The van der Waals surface area contributed by atoms with Gasteiger partial charge in [0.25, 0.3) is 11.8 Å². The Morgan fingerprint density at radius 2 is 1.62 bits per heavy atom. The Bertz CT molecular complexity index is 996. The van der Waals surface area contributed by atoms with Crippen molar-refractivity contribution in [1.82, 2.24) is 4.90 Å². The molecule has 1 aliphatic rings. The predicted molar refractivity (Wildman–Crippen MR) is 124 cm³/mol. The topological polar surface area (TPSA) is 77.1 Å². The molecule has 0 aliphatic carbocycles. The van der Waals surface area contributed by atoms with Crippen molar-refractivity contribution in [1.29, 1.82) is 0 Å². The highest BCUT2D eigenvalue weighted by atomic mass is 16.5. The molecule has 1 N–H and O–H groups in total. The summed E-state index contributed by atoms with van der Waals surface area (Å²) in [5, 5.41) is 3.14. The number of hydrogen-bond donors (Lipinski definition) is 1. The first-order chi connectivity index (χ1) is 15.3. The molecule has 0 aromatic heterocycles. The normalized spacial score (nSPS) is 14.0. The molecule has 7 nitrogen and oxygen atoms in total. The van der Waals surface area contributed by atoms with Crippen LogP contribution in [0.2, 0.25) is 0 Å². The van der Waals surface area contributed by atoms with E-state index >= 15 is 0 Å². The van der Waals surface area contributed by atoms with Gasteiger partial charge in [-0.15, -0.1) is 0 Å². The Labute approximate surface area is 189 Å². The second kappa shape index (κ2) is 10.3. The molecule has 0 saturated carbocycles. The highest BCUT2D eigenvalue weighted by Gasteiger charge is 2.39. The Hall–Kier alpha value is -3.32. The minimum absolute atomic E-state index is 0.0121. The van der Waals surface area contributed by atoms with Gasteiger partial charge in [0.2, 0.25) is 0 Å². The van der Waals surface area contributed by atoms with E-state index in [0.717, 1.165) is 0 Å². The maximum Gasteiger partial charge on any atom is 0.278 e. The number of methoxy groups -OCH3 is 1. The molecule has 0 unspecified atom stereocenters. The molecule has 0 atom stereocenters. The van der Waals surface area contributed by atoms with Gasteiger partial charge < -0.3 is 19.5 Å². The molecule has 32 heavy (non-hydrogen) atoms. The van der Waals surface area contributed by atoms with Crippen molar-refractivity contribution in [2.24, 2.45) is 0 Å². The van der Waals surface area contributed by atoms with Gasteiger partial charge in [-0.05, 0) is 57.5 Å². The maximum atomic E-state index is 13.3. The van der Waals surface area contributed by atoms with Crippen LogP contribution in [0, 0.1) is 0 Å². The number of carbonyl (C=O) groups excluding carboxylic acids is 2. The van der Waals surface area contributed by atoms with Crippen molar-refractivity contribution in [2.45, 2.75) is 39.9 Å².